The van der Waals surface area contributed by atoms with E-state index in [9.17, 15) is 0 Å². The Morgan fingerprint density at radius 1 is 0.714 bits per heavy atom. The summed E-state index contributed by atoms with van der Waals surface area (Å²) in [6, 6.07) is 17.5. The van der Waals surface area contributed by atoms with Crippen LogP contribution in [0.5, 0.6) is 0 Å². The average molecular weight is 293 g/mol. The zero-order valence-corrected chi connectivity index (χ0v) is 13.3. The molecule has 0 spiro atoms. The quantitative estimate of drug-likeness (QED) is 0.323. The normalized spacial score (nSPS) is 12.8. The highest BCUT2D eigenvalue weighted by molar-refractivity contribution is 6.38. The van der Waals surface area contributed by atoms with Crippen LogP contribution < -0.4 is 0 Å². The molecule has 0 aliphatic carbocycles. The molecule has 4 aromatic rings. The van der Waals surface area contributed by atoms with E-state index in [1.54, 1.807) is 0 Å². The van der Waals surface area contributed by atoms with Crippen LogP contribution in [0.2, 0.25) is 5.02 Å². The Balaban J connectivity index is 2.26. The number of rotatable bonds is 0. The minimum Gasteiger partial charge on any atom is -0.0837 e. The molecule has 0 aliphatic heterocycles. The highest BCUT2D eigenvalue weighted by Crippen LogP contribution is 2.39. The largest absolute Gasteiger partial charge is 0.0837 e. The lowest BCUT2D eigenvalue weighted by molar-refractivity contribution is 0.591. The van der Waals surface area contributed by atoms with Crippen LogP contribution in [0.3, 0.4) is 0 Å². The van der Waals surface area contributed by atoms with E-state index in [0.717, 1.165) is 10.4 Å². The summed E-state index contributed by atoms with van der Waals surface area (Å²) in [5.41, 5.74) is 1.53. The standard InChI is InChI=1S/C20H17Cl/c1-20(2,3)15-10-13-5-4-12-7-9-17(21)16-8-6-14(11-15)18(13)19(12)16/h4-11H,1-3H3. The summed E-state index contributed by atoms with van der Waals surface area (Å²) in [6.45, 7) is 6.78. The Hall–Kier alpha value is -1.79. The molecule has 0 radical (unpaired) electrons. The lowest BCUT2D eigenvalue weighted by atomic mass is 9.83. The van der Waals surface area contributed by atoms with Gasteiger partial charge in [-0.25, -0.2) is 0 Å². The van der Waals surface area contributed by atoms with E-state index in [2.05, 4.69) is 63.2 Å². The molecule has 1 heteroatoms. The molecular weight excluding hydrogens is 276 g/mol. The van der Waals surface area contributed by atoms with Crippen molar-refractivity contribution in [3.05, 3.63) is 59.1 Å². The summed E-state index contributed by atoms with van der Waals surface area (Å²) in [5.74, 6) is 0. The Labute approximate surface area is 129 Å². The first-order chi connectivity index (χ1) is 9.95. The molecule has 0 saturated heterocycles. The smallest absolute Gasteiger partial charge is 0.0485 e. The van der Waals surface area contributed by atoms with Crippen molar-refractivity contribution in [2.45, 2.75) is 26.2 Å². The van der Waals surface area contributed by atoms with E-state index in [0.29, 0.717) is 0 Å². The second kappa shape index (κ2) is 4.11. The molecule has 0 N–H and O–H groups in total. The van der Waals surface area contributed by atoms with Crippen LogP contribution in [0.1, 0.15) is 26.3 Å². The summed E-state index contributed by atoms with van der Waals surface area (Å²) >= 11 is 6.39. The van der Waals surface area contributed by atoms with Crippen molar-refractivity contribution < 1.29 is 0 Å². The SMILES string of the molecule is CC(C)(C)c1cc2ccc3ccc(Cl)c4ccc(c1)c2c34. The summed E-state index contributed by atoms with van der Waals surface area (Å²) in [4.78, 5) is 0. The molecule has 0 nitrogen and oxygen atoms in total. The van der Waals surface area contributed by atoms with Crippen molar-refractivity contribution >= 4 is 43.9 Å². The Bertz CT molecular complexity index is 955. The highest BCUT2D eigenvalue weighted by atomic mass is 35.5. The van der Waals surface area contributed by atoms with E-state index >= 15 is 0 Å². The molecule has 104 valence electrons. The highest BCUT2D eigenvalue weighted by Gasteiger charge is 2.17. The van der Waals surface area contributed by atoms with Gasteiger partial charge in [-0.3, -0.25) is 0 Å². The molecule has 21 heavy (non-hydrogen) atoms. The third-order valence-corrected chi connectivity index (χ3v) is 4.74. The Morgan fingerprint density at radius 3 is 1.95 bits per heavy atom. The van der Waals surface area contributed by atoms with Crippen LogP contribution in [0.25, 0.3) is 32.3 Å². The van der Waals surface area contributed by atoms with E-state index in [1.165, 1.54) is 32.5 Å². The van der Waals surface area contributed by atoms with Gasteiger partial charge in [0.05, 0.1) is 0 Å². The van der Waals surface area contributed by atoms with Crippen LogP contribution in [0, 0.1) is 0 Å². The van der Waals surface area contributed by atoms with Gasteiger partial charge in [0.1, 0.15) is 0 Å². The molecule has 0 aliphatic rings. The predicted octanol–water partition coefficient (Wildman–Crippen LogP) is 6.53. The first-order valence-electron chi connectivity index (χ1n) is 7.33. The van der Waals surface area contributed by atoms with Crippen molar-refractivity contribution in [1.29, 1.82) is 0 Å². The van der Waals surface area contributed by atoms with Gasteiger partial charge >= 0.3 is 0 Å². The number of benzene rings is 4. The van der Waals surface area contributed by atoms with Crippen LogP contribution in [0.15, 0.2) is 48.5 Å². The van der Waals surface area contributed by atoms with Gasteiger partial charge in [-0.05, 0) is 44.0 Å². The van der Waals surface area contributed by atoms with Gasteiger partial charge in [0, 0.05) is 10.4 Å². The summed E-state index contributed by atoms with van der Waals surface area (Å²) < 4.78 is 0. The van der Waals surface area contributed by atoms with Gasteiger partial charge in [-0.15, -0.1) is 0 Å². The van der Waals surface area contributed by atoms with Gasteiger partial charge in [-0.2, -0.15) is 0 Å². The second-order valence-electron chi connectivity index (χ2n) is 6.87. The van der Waals surface area contributed by atoms with Gasteiger partial charge < -0.3 is 0 Å². The molecule has 0 aromatic heterocycles. The molecule has 0 amide bonds. The van der Waals surface area contributed by atoms with Gasteiger partial charge in [0.25, 0.3) is 0 Å². The maximum Gasteiger partial charge on any atom is 0.0485 e. The maximum atomic E-state index is 6.39. The van der Waals surface area contributed by atoms with Crippen LogP contribution >= 0.6 is 11.6 Å². The first-order valence-corrected chi connectivity index (χ1v) is 7.70. The van der Waals surface area contributed by atoms with Gasteiger partial charge in [-0.1, -0.05) is 74.8 Å². The molecule has 0 heterocycles. The molecule has 0 atom stereocenters. The van der Waals surface area contributed by atoms with Gasteiger partial charge in [0.15, 0.2) is 0 Å². The molecule has 0 fully saturated rings. The van der Waals surface area contributed by atoms with E-state index in [1.807, 2.05) is 6.07 Å². The molecule has 0 unspecified atom stereocenters. The van der Waals surface area contributed by atoms with Crippen molar-refractivity contribution in [3.63, 3.8) is 0 Å². The summed E-state index contributed by atoms with van der Waals surface area (Å²) in [7, 11) is 0. The zero-order chi connectivity index (χ0) is 14.8. The van der Waals surface area contributed by atoms with Gasteiger partial charge in [0.2, 0.25) is 0 Å². The Morgan fingerprint density at radius 2 is 1.29 bits per heavy atom. The summed E-state index contributed by atoms with van der Waals surface area (Å²) in [6.07, 6.45) is 0. The fourth-order valence-electron chi connectivity index (χ4n) is 3.22. The van der Waals surface area contributed by atoms with Crippen LogP contribution in [-0.2, 0) is 5.41 Å². The molecule has 0 saturated carbocycles. The minimum absolute atomic E-state index is 0.155. The van der Waals surface area contributed by atoms with Crippen molar-refractivity contribution in [2.75, 3.05) is 0 Å². The monoisotopic (exact) mass is 292 g/mol. The maximum absolute atomic E-state index is 6.39. The topological polar surface area (TPSA) is 0 Å². The lowest BCUT2D eigenvalue weighted by Crippen LogP contribution is -2.10. The second-order valence-corrected chi connectivity index (χ2v) is 7.28. The molecule has 4 rings (SSSR count). The fraction of sp³-hybridized carbons (Fsp3) is 0.200. The van der Waals surface area contributed by atoms with Crippen LogP contribution in [0.4, 0.5) is 0 Å². The Kier molecular flexibility index (Phi) is 2.53. The lowest BCUT2D eigenvalue weighted by Gasteiger charge is -2.21. The fourth-order valence-corrected chi connectivity index (χ4v) is 3.44. The van der Waals surface area contributed by atoms with E-state index in [-0.39, 0.29) is 5.41 Å². The molecule has 0 bridgehead atoms. The molecular formula is C20H17Cl. The number of hydrogen-bond acceptors (Lipinski definition) is 0. The van der Waals surface area contributed by atoms with Crippen molar-refractivity contribution in [1.82, 2.24) is 0 Å². The third kappa shape index (κ3) is 1.82. The van der Waals surface area contributed by atoms with E-state index in [4.69, 9.17) is 11.6 Å². The molecule has 4 aromatic carbocycles. The summed E-state index contributed by atoms with van der Waals surface area (Å²) in [5, 5.41) is 8.47. The first kappa shape index (κ1) is 12.9. The predicted molar refractivity (Wildman–Crippen MR) is 93.9 cm³/mol. The van der Waals surface area contributed by atoms with Crippen LogP contribution in [-0.4, -0.2) is 0 Å². The number of hydrogen-bond donors (Lipinski definition) is 0. The average Bonchev–Trinajstić information content (AvgIpc) is 2.45. The van der Waals surface area contributed by atoms with Crippen molar-refractivity contribution in [2.24, 2.45) is 0 Å². The third-order valence-electron chi connectivity index (χ3n) is 4.41. The number of halogens is 1. The minimum atomic E-state index is 0.155. The zero-order valence-electron chi connectivity index (χ0n) is 12.5. The van der Waals surface area contributed by atoms with E-state index < -0.39 is 0 Å². The van der Waals surface area contributed by atoms with Crippen molar-refractivity contribution in [3.8, 4) is 0 Å².